The van der Waals surface area contributed by atoms with Crippen LogP contribution >= 0.6 is 0 Å². The van der Waals surface area contributed by atoms with Gasteiger partial charge in [-0.15, -0.1) is 0 Å². The van der Waals surface area contributed by atoms with Crippen LogP contribution in [0.5, 0.6) is 11.6 Å². The molecule has 0 aliphatic carbocycles. The number of fused-ring (bicyclic) bond motifs is 1. The Morgan fingerprint density at radius 3 is 2.46 bits per heavy atom. The summed E-state index contributed by atoms with van der Waals surface area (Å²) >= 11 is 0. The molecule has 4 rings (SSSR count). The number of benzene rings is 2. The molecule has 0 aliphatic heterocycles. The van der Waals surface area contributed by atoms with Crippen LogP contribution in [-0.4, -0.2) is 22.1 Å². The van der Waals surface area contributed by atoms with Crippen molar-refractivity contribution >= 4 is 22.7 Å². The van der Waals surface area contributed by atoms with Gasteiger partial charge >= 0.3 is 0 Å². The van der Waals surface area contributed by atoms with E-state index in [0.29, 0.717) is 5.88 Å². The average Bonchev–Trinajstić information content (AvgIpc) is 2.71. The summed E-state index contributed by atoms with van der Waals surface area (Å²) in [6.07, 6.45) is 0. The van der Waals surface area contributed by atoms with Crippen molar-refractivity contribution in [1.82, 2.24) is 15.0 Å². The topological polar surface area (TPSA) is 109 Å². The quantitative estimate of drug-likeness (QED) is 0.551. The number of rotatable bonds is 5. The lowest BCUT2D eigenvalue weighted by Crippen LogP contribution is -2.05. The Hall–Kier alpha value is -3.87. The summed E-state index contributed by atoms with van der Waals surface area (Å²) in [5, 5.41) is 0.958. The normalized spacial score (nSPS) is 10.8. The molecule has 7 nitrogen and oxygen atoms in total. The summed E-state index contributed by atoms with van der Waals surface area (Å²) in [4.78, 5) is 12.8. The molecular formula is C21H19N5O2. The van der Waals surface area contributed by atoms with E-state index in [1.54, 1.807) is 7.11 Å². The summed E-state index contributed by atoms with van der Waals surface area (Å²) in [7, 11) is 1.64. The SMILES string of the molecule is COc1ccc2nc(-c3ccccc3)c(COc3cc(N)nc(N)n3)cc2c1. The molecule has 0 atom stereocenters. The molecule has 0 saturated carbocycles. The smallest absolute Gasteiger partial charge is 0.225 e. The molecule has 140 valence electrons. The van der Waals surface area contributed by atoms with Gasteiger partial charge in [0.2, 0.25) is 11.8 Å². The van der Waals surface area contributed by atoms with E-state index in [1.807, 2.05) is 54.6 Å². The highest BCUT2D eigenvalue weighted by Gasteiger charge is 2.12. The first kappa shape index (κ1) is 17.5. The van der Waals surface area contributed by atoms with E-state index < -0.39 is 0 Å². The number of hydrogen-bond donors (Lipinski definition) is 2. The summed E-state index contributed by atoms with van der Waals surface area (Å²) in [6, 6.07) is 19.3. The maximum atomic E-state index is 5.84. The van der Waals surface area contributed by atoms with Gasteiger partial charge in [0.1, 0.15) is 18.2 Å². The maximum Gasteiger partial charge on any atom is 0.225 e. The molecule has 0 unspecified atom stereocenters. The lowest BCUT2D eigenvalue weighted by molar-refractivity contribution is 0.294. The van der Waals surface area contributed by atoms with E-state index >= 15 is 0 Å². The monoisotopic (exact) mass is 373 g/mol. The van der Waals surface area contributed by atoms with Crippen molar-refractivity contribution in [2.45, 2.75) is 6.61 Å². The minimum atomic E-state index is 0.0691. The lowest BCUT2D eigenvalue weighted by atomic mass is 10.0. The third-order valence-corrected chi connectivity index (χ3v) is 4.26. The second kappa shape index (κ2) is 7.40. The summed E-state index contributed by atoms with van der Waals surface area (Å²) in [5.74, 6) is 1.41. The summed E-state index contributed by atoms with van der Waals surface area (Å²) in [5.41, 5.74) is 15.0. The van der Waals surface area contributed by atoms with Gasteiger partial charge in [-0.1, -0.05) is 30.3 Å². The van der Waals surface area contributed by atoms with Gasteiger partial charge in [0.15, 0.2) is 0 Å². The molecule has 2 aromatic heterocycles. The largest absolute Gasteiger partial charge is 0.497 e. The van der Waals surface area contributed by atoms with Crippen LogP contribution < -0.4 is 20.9 Å². The van der Waals surface area contributed by atoms with Gasteiger partial charge < -0.3 is 20.9 Å². The molecule has 0 bridgehead atoms. The first-order valence-corrected chi connectivity index (χ1v) is 8.68. The average molecular weight is 373 g/mol. The van der Waals surface area contributed by atoms with Gasteiger partial charge in [0.25, 0.3) is 0 Å². The van der Waals surface area contributed by atoms with Crippen LogP contribution in [0.3, 0.4) is 0 Å². The Kier molecular flexibility index (Phi) is 4.63. The third-order valence-electron chi connectivity index (χ3n) is 4.26. The third kappa shape index (κ3) is 3.64. The predicted molar refractivity (Wildman–Crippen MR) is 109 cm³/mol. The zero-order valence-electron chi connectivity index (χ0n) is 15.3. The van der Waals surface area contributed by atoms with Crippen LogP contribution in [0.1, 0.15) is 5.56 Å². The first-order chi connectivity index (χ1) is 13.6. The highest BCUT2D eigenvalue weighted by Crippen LogP contribution is 2.28. The van der Waals surface area contributed by atoms with E-state index in [0.717, 1.165) is 33.5 Å². The van der Waals surface area contributed by atoms with Crippen LogP contribution in [0.15, 0.2) is 60.7 Å². The zero-order valence-corrected chi connectivity index (χ0v) is 15.3. The highest BCUT2D eigenvalue weighted by atomic mass is 16.5. The fourth-order valence-electron chi connectivity index (χ4n) is 2.97. The molecule has 0 aliphatic rings. The number of pyridine rings is 1. The molecule has 4 N–H and O–H groups in total. The first-order valence-electron chi connectivity index (χ1n) is 8.68. The van der Waals surface area contributed by atoms with Crippen LogP contribution in [-0.2, 0) is 6.61 Å². The van der Waals surface area contributed by atoms with E-state index in [-0.39, 0.29) is 18.4 Å². The molecule has 0 radical (unpaired) electrons. The fraction of sp³-hybridized carbons (Fsp3) is 0.0952. The predicted octanol–water partition coefficient (Wildman–Crippen LogP) is 3.44. The molecule has 7 heteroatoms. The van der Waals surface area contributed by atoms with Crippen molar-refractivity contribution in [2.75, 3.05) is 18.6 Å². The van der Waals surface area contributed by atoms with Crippen LogP contribution in [0.2, 0.25) is 0 Å². The second-order valence-electron chi connectivity index (χ2n) is 6.20. The number of ether oxygens (including phenoxy) is 2. The second-order valence-corrected chi connectivity index (χ2v) is 6.20. The molecule has 0 saturated heterocycles. The number of nitrogens with zero attached hydrogens (tertiary/aromatic N) is 3. The number of hydrogen-bond acceptors (Lipinski definition) is 7. The van der Waals surface area contributed by atoms with Crippen molar-refractivity contribution < 1.29 is 9.47 Å². The number of anilines is 2. The molecule has 2 heterocycles. The lowest BCUT2D eigenvalue weighted by Gasteiger charge is -2.13. The number of nitrogens with two attached hydrogens (primary N) is 2. The number of aromatic nitrogens is 3. The minimum absolute atomic E-state index is 0.0691. The van der Waals surface area contributed by atoms with Gasteiger partial charge in [-0.3, -0.25) is 0 Å². The van der Waals surface area contributed by atoms with E-state index in [1.165, 1.54) is 6.07 Å². The van der Waals surface area contributed by atoms with Crippen molar-refractivity contribution in [1.29, 1.82) is 0 Å². The van der Waals surface area contributed by atoms with E-state index in [9.17, 15) is 0 Å². The molecule has 2 aromatic carbocycles. The number of nitrogen functional groups attached to an aromatic ring is 2. The molecule has 0 amide bonds. The summed E-state index contributed by atoms with van der Waals surface area (Å²) < 4.78 is 11.2. The van der Waals surface area contributed by atoms with E-state index in [2.05, 4.69) is 9.97 Å². The van der Waals surface area contributed by atoms with Crippen LogP contribution in [0.25, 0.3) is 22.2 Å². The molecular weight excluding hydrogens is 354 g/mol. The van der Waals surface area contributed by atoms with Crippen LogP contribution in [0, 0.1) is 0 Å². The zero-order chi connectivity index (χ0) is 19.5. The van der Waals surface area contributed by atoms with E-state index in [4.69, 9.17) is 25.9 Å². The Morgan fingerprint density at radius 2 is 1.71 bits per heavy atom. The molecule has 4 aromatic rings. The van der Waals surface area contributed by atoms with Gasteiger partial charge in [-0.05, 0) is 24.3 Å². The van der Waals surface area contributed by atoms with Crippen molar-refractivity contribution in [3.63, 3.8) is 0 Å². The Labute approximate surface area is 162 Å². The van der Waals surface area contributed by atoms with Gasteiger partial charge in [-0.2, -0.15) is 9.97 Å². The standard InChI is InChI=1S/C21H19N5O2/c1-27-16-7-8-17-14(10-16)9-15(20(24-17)13-5-3-2-4-6-13)12-28-19-11-18(22)25-21(23)26-19/h2-11H,12H2,1H3,(H4,22,23,25,26). The van der Waals surface area contributed by atoms with Gasteiger partial charge in [0, 0.05) is 22.6 Å². The minimum Gasteiger partial charge on any atom is -0.497 e. The van der Waals surface area contributed by atoms with Gasteiger partial charge in [-0.25, -0.2) is 4.98 Å². The molecule has 0 fully saturated rings. The summed E-state index contributed by atoms with van der Waals surface area (Å²) in [6.45, 7) is 0.250. The number of methoxy groups -OCH3 is 1. The maximum absolute atomic E-state index is 5.84. The molecule has 28 heavy (non-hydrogen) atoms. The van der Waals surface area contributed by atoms with Crippen molar-refractivity contribution in [3.05, 3.63) is 66.2 Å². The van der Waals surface area contributed by atoms with Crippen molar-refractivity contribution in [2.24, 2.45) is 0 Å². The fourth-order valence-corrected chi connectivity index (χ4v) is 2.97. The highest BCUT2D eigenvalue weighted by molar-refractivity contribution is 5.84. The van der Waals surface area contributed by atoms with Crippen LogP contribution in [0.4, 0.5) is 11.8 Å². The molecule has 0 spiro atoms. The Bertz CT molecular complexity index is 1110. The van der Waals surface area contributed by atoms with Gasteiger partial charge in [0.05, 0.1) is 18.3 Å². The van der Waals surface area contributed by atoms with Crippen molar-refractivity contribution in [3.8, 4) is 22.9 Å². The Morgan fingerprint density at radius 1 is 0.893 bits per heavy atom. The Balaban J connectivity index is 1.77.